The molecule has 0 heterocycles. The van der Waals surface area contributed by atoms with E-state index in [-0.39, 0.29) is 5.54 Å². The van der Waals surface area contributed by atoms with Crippen LogP contribution in [0, 0.1) is 11.8 Å². The Balaban J connectivity index is 1.94. The van der Waals surface area contributed by atoms with E-state index in [1.54, 1.807) is 0 Å². The zero-order chi connectivity index (χ0) is 9.81. The summed E-state index contributed by atoms with van der Waals surface area (Å²) in [4.78, 5) is 0. The smallest absolute Gasteiger partial charge is 0.0452 e. The average molecular weight is 196 g/mol. The number of nitrogens with one attached hydrogen (secondary N) is 2. The highest BCUT2D eigenvalue weighted by molar-refractivity contribution is 5.14. The third kappa shape index (κ3) is 1.09. The minimum Gasteiger partial charge on any atom is -0.316 e. The van der Waals surface area contributed by atoms with Gasteiger partial charge in [0, 0.05) is 11.1 Å². The van der Waals surface area contributed by atoms with Crippen molar-refractivity contribution in [1.29, 1.82) is 0 Å². The van der Waals surface area contributed by atoms with Gasteiger partial charge in [-0.25, -0.2) is 0 Å². The van der Waals surface area contributed by atoms with E-state index >= 15 is 0 Å². The second-order valence-corrected chi connectivity index (χ2v) is 5.88. The molecule has 4 saturated carbocycles. The van der Waals surface area contributed by atoms with Crippen molar-refractivity contribution >= 4 is 0 Å². The van der Waals surface area contributed by atoms with E-state index in [0.717, 1.165) is 18.3 Å². The van der Waals surface area contributed by atoms with E-state index in [1.807, 2.05) is 0 Å². The lowest BCUT2D eigenvalue weighted by atomic mass is 9.50. The SMILES string of the molecule is CNC12CC3CC(C1)CC(NO)(C3)C2. The summed E-state index contributed by atoms with van der Waals surface area (Å²) in [6.45, 7) is 0. The highest BCUT2D eigenvalue weighted by atomic mass is 16.5. The van der Waals surface area contributed by atoms with Crippen LogP contribution in [0.4, 0.5) is 0 Å². The fraction of sp³-hybridized carbons (Fsp3) is 1.00. The molecular formula is C11H20N2O. The molecule has 3 nitrogen and oxygen atoms in total. The summed E-state index contributed by atoms with van der Waals surface area (Å²) >= 11 is 0. The molecule has 0 radical (unpaired) electrons. The van der Waals surface area contributed by atoms with Crippen molar-refractivity contribution in [3.05, 3.63) is 0 Å². The minimum absolute atomic E-state index is 0.0487. The summed E-state index contributed by atoms with van der Waals surface area (Å²) in [5, 5.41) is 12.9. The molecule has 4 rings (SSSR count). The molecule has 4 bridgehead atoms. The van der Waals surface area contributed by atoms with Crippen molar-refractivity contribution < 1.29 is 5.21 Å². The largest absolute Gasteiger partial charge is 0.316 e. The Hall–Kier alpha value is -0.120. The molecule has 4 aliphatic rings. The summed E-state index contributed by atoms with van der Waals surface area (Å²) in [5.41, 5.74) is 3.01. The van der Waals surface area contributed by atoms with Crippen LogP contribution in [0.3, 0.4) is 0 Å². The Labute approximate surface area is 85.2 Å². The quantitative estimate of drug-likeness (QED) is 0.583. The zero-order valence-corrected chi connectivity index (χ0v) is 8.84. The Morgan fingerprint density at radius 2 is 1.64 bits per heavy atom. The highest BCUT2D eigenvalue weighted by Crippen LogP contribution is 2.57. The standard InChI is InChI=1S/C11H20N2O/c1-12-10-3-8-2-9(4-10)6-11(5-8,7-10)13-14/h8-9,12-14H,2-7H2,1H3. The van der Waals surface area contributed by atoms with Crippen molar-refractivity contribution in [3.8, 4) is 0 Å². The Kier molecular flexibility index (Phi) is 1.77. The molecule has 0 spiro atoms. The maximum absolute atomic E-state index is 9.36. The lowest BCUT2D eigenvalue weighted by Crippen LogP contribution is -2.67. The van der Waals surface area contributed by atoms with Crippen molar-refractivity contribution in [3.63, 3.8) is 0 Å². The molecule has 14 heavy (non-hydrogen) atoms. The van der Waals surface area contributed by atoms with Gasteiger partial charge in [0.05, 0.1) is 0 Å². The third-order valence-electron chi connectivity index (χ3n) is 4.83. The molecule has 0 aliphatic heterocycles. The second-order valence-electron chi connectivity index (χ2n) is 5.88. The third-order valence-corrected chi connectivity index (χ3v) is 4.83. The van der Waals surface area contributed by atoms with Crippen molar-refractivity contribution in [2.45, 2.75) is 49.6 Å². The van der Waals surface area contributed by atoms with Gasteiger partial charge in [0.2, 0.25) is 0 Å². The van der Waals surface area contributed by atoms with Crippen LogP contribution in [0.1, 0.15) is 38.5 Å². The summed E-state index contributed by atoms with van der Waals surface area (Å²) in [5.74, 6) is 1.67. The van der Waals surface area contributed by atoms with Crippen LogP contribution >= 0.6 is 0 Å². The number of hydrogen-bond acceptors (Lipinski definition) is 3. The van der Waals surface area contributed by atoms with Crippen LogP contribution in [-0.4, -0.2) is 23.3 Å². The molecule has 4 aliphatic carbocycles. The first kappa shape index (κ1) is 9.13. The first-order valence-corrected chi connectivity index (χ1v) is 5.79. The molecule has 3 N–H and O–H groups in total. The molecule has 0 aromatic rings. The zero-order valence-electron chi connectivity index (χ0n) is 8.84. The molecule has 0 saturated heterocycles. The van der Waals surface area contributed by atoms with Gasteiger partial charge in [0.15, 0.2) is 0 Å². The number of hydroxylamine groups is 1. The first-order valence-electron chi connectivity index (χ1n) is 5.79. The molecule has 3 heteroatoms. The summed E-state index contributed by atoms with van der Waals surface area (Å²) in [6.07, 6.45) is 7.52. The molecule has 0 amide bonds. The van der Waals surface area contributed by atoms with E-state index in [4.69, 9.17) is 0 Å². The van der Waals surface area contributed by atoms with Crippen LogP contribution in [-0.2, 0) is 0 Å². The average Bonchev–Trinajstić information content (AvgIpc) is 2.16. The lowest BCUT2D eigenvalue weighted by molar-refractivity contribution is -0.0978. The van der Waals surface area contributed by atoms with E-state index in [1.165, 1.54) is 32.1 Å². The van der Waals surface area contributed by atoms with E-state index < -0.39 is 0 Å². The van der Waals surface area contributed by atoms with Crippen LogP contribution < -0.4 is 10.8 Å². The Bertz CT molecular complexity index is 218. The van der Waals surface area contributed by atoms with Gasteiger partial charge in [-0.1, -0.05) is 0 Å². The topological polar surface area (TPSA) is 44.3 Å². The van der Waals surface area contributed by atoms with Crippen molar-refractivity contribution in [2.24, 2.45) is 11.8 Å². The molecule has 0 aromatic heterocycles. The van der Waals surface area contributed by atoms with Crippen LogP contribution in [0.15, 0.2) is 0 Å². The maximum Gasteiger partial charge on any atom is 0.0452 e. The van der Waals surface area contributed by atoms with E-state index in [0.29, 0.717) is 5.54 Å². The Morgan fingerprint density at radius 3 is 2.14 bits per heavy atom. The summed E-state index contributed by atoms with van der Waals surface area (Å²) in [6, 6.07) is 0. The normalized spacial score (nSPS) is 55.3. The fourth-order valence-electron chi connectivity index (χ4n) is 4.69. The molecule has 4 fully saturated rings. The minimum atomic E-state index is 0.0487. The molecule has 2 unspecified atom stereocenters. The molecule has 2 atom stereocenters. The highest BCUT2D eigenvalue weighted by Gasteiger charge is 2.57. The van der Waals surface area contributed by atoms with Gasteiger partial charge in [-0.2, -0.15) is 5.48 Å². The van der Waals surface area contributed by atoms with Crippen LogP contribution in [0.2, 0.25) is 0 Å². The van der Waals surface area contributed by atoms with Gasteiger partial charge in [0.25, 0.3) is 0 Å². The fourth-order valence-corrected chi connectivity index (χ4v) is 4.69. The van der Waals surface area contributed by atoms with Crippen LogP contribution in [0.5, 0.6) is 0 Å². The van der Waals surface area contributed by atoms with Gasteiger partial charge < -0.3 is 10.5 Å². The lowest BCUT2D eigenvalue weighted by Gasteiger charge is -2.61. The molecular weight excluding hydrogens is 176 g/mol. The van der Waals surface area contributed by atoms with Crippen molar-refractivity contribution in [2.75, 3.05) is 7.05 Å². The van der Waals surface area contributed by atoms with Gasteiger partial charge >= 0.3 is 0 Å². The Morgan fingerprint density at radius 1 is 1.07 bits per heavy atom. The van der Waals surface area contributed by atoms with Crippen LogP contribution in [0.25, 0.3) is 0 Å². The van der Waals surface area contributed by atoms with Gasteiger partial charge in [-0.3, -0.25) is 0 Å². The van der Waals surface area contributed by atoms with E-state index in [2.05, 4.69) is 17.8 Å². The molecule has 0 aromatic carbocycles. The summed E-state index contributed by atoms with van der Waals surface area (Å²) in [7, 11) is 2.08. The monoisotopic (exact) mass is 196 g/mol. The summed E-state index contributed by atoms with van der Waals surface area (Å²) < 4.78 is 0. The maximum atomic E-state index is 9.36. The van der Waals surface area contributed by atoms with Crippen molar-refractivity contribution in [1.82, 2.24) is 10.8 Å². The van der Waals surface area contributed by atoms with E-state index in [9.17, 15) is 5.21 Å². The predicted octanol–water partition coefficient (Wildman–Crippen LogP) is 1.28. The predicted molar refractivity (Wildman–Crippen MR) is 54.1 cm³/mol. The number of rotatable bonds is 2. The van der Waals surface area contributed by atoms with Gasteiger partial charge in [-0.15, -0.1) is 0 Å². The number of hydrogen-bond donors (Lipinski definition) is 3. The first-order chi connectivity index (χ1) is 6.69. The van der Waals surface area contributed by atoms with Gasteiger partial charge in [0.1, 0.15) is 0 Å². The van der Waals surface area contributed by atoms with Gasteiger partial charge in [-0.05, 0) is 57.4 Å². The second kappa shape index (κ2) is 2.71. The molecule has 80 valence electrons.